The first-order valence-electron chi connectivity index (χ1n) is 6.59. The third-order valence-corrected chi connectivity index (χ3v) is 4.98. The Hall–Kier alpha value is -2.38. The van der Waals surface area contributed by atoms with Gasteiger partial charge >= 0.3 is 0 Å². The smallest absolute Gasteiger partial charge is 0.270 e. The minimum Gasteiger partial charge on any atom is -0.303 e. The molecule has 0 spiro atoms. The number of aryl methyl sites for hydroxylation is 1. The molecule has 0 radical (unpaired) electrons. The third-order valence-electron chi connectivity index (χ3n) is 3.36. The number of nitrogens with zero attached hydrogens (tertiary/aromatic N) is 3. The van der Waals surface area contributed by atoms with Crippen LogP contribution in [0.2, 0.25) is 0 Å². The molecule has 0 aliphatic rings. The second-order valence-corrected chi connectivity index (χ2v) is 6.44. The van der Waals surface area contributed by atoms with Crippen LogP contribution in [0.5, 0.6) is 0 Å². The Morgan fingerprint density at radius 2 is 2.09 bits per heavy atom. The highest BCUT2D eigenvalue weighted by Crippen LogP contribution is 2.30. The summed E-state index contributed by atoms with van der Waals surface area (Å²) >= 11 is 2.62. The van der Waals surface area contributed by atoms with E-state index >= 15 is 0 Å². The monoisotopic (exact) mass is 326 g/mol. The molecule has 0 atom stereocenters. The van der Waals surface area contributed by atoms with Gasteiger partial charge in [0.15, 0.2) is 10.8 Å². The van der Waals surface area contributed by atoms with Crippen molar-refractivity contribution in [2.75, 3.05) is 0 Å². The molecule has 7 heteroatoms. The molecule has 0 aliphatic heterocycles. The number of benzene rings is 1. The molecule has 0 aliphatic carbocycles. The molecule has 3 aromatic heterocycles. The maximum Gasteiger partial charge on any atom is 0.270 e. The summed E-state index contributed by atoms with van der Waals surface area (Å²) in [4.78, 5) is 23.9. The van der Waals surface area contributed by atoms with Crippen molar-refractivity contribution in [3.8, 4) is 22.1 Å². The van der Waals surface area contributed by atoms with Crippen molar-refractivity contribution in [3.05, 3.63) is 51.8 Å². The Bertz CT molecular complexity index is 1020. The molecular weight excluding hydrogens is 316 g/mol. The summed E-state index contributed by atoms with van der Waals surface area (Å²) in [6.45, 7) is 2.02. The number of H-pyrrole nitrogens is 1. The summed E-state index contributed by atoms with van der Waals surface area (Å²) < 4.78 is 4.99. The van der Waals surface area contributed by atoms with E-state index in [0.29, 0.717) is 21.0 Å². The largest absolute Gasteiger partial charge is 0.303 e. The number of nitrogens with one attached hydrogen (secondary N) is 1. The van der Waals surface area contributed by atoms with Crippen LogP contribution in [0.1, 0.15) is 5.56 Å². The van der Waals surface area contributed by atoms with Gasteiger partial charge in [0.05, 0.1) is 0 Å². The van der Waals surface area contributed by atoms with Gasteiger partial charge in [0.2, 0.25) is 0 Å². The molecule has 5 nitrogen and oxygen atoms in total. The highest BCUT2D eigenvalue weighted by Gasteiger charge is 2.16. The van der Waals surface area contributed by atoms with Crippen LogP contribution < -0.4 is 5.56 Å². The van der Waals surface area contributed by atoms with Gasteiger partial charge in [-0.3, -0.25) is 4.79 Å². The van der Waals surface area contributed by atoms with Gasteiger partial charge in [-0.1, -0.05) is 24.3 Å². The zero-order valence-corrected chi connectivity index (χ0v) is 13.2. The van der Waals surface area contributed by atoms with E-state index < -0.39 is 0 Å². The van der Waals surface area contributed by atoms with Gasteiger partial charge in [-0.2, -0.15) is 4.37 Å². The summed E-state index contributed by atoms with van der Waals surface area (Å²) in [5.41, 5.74) is 3.31. The summed E-state index contributed by atoms with van der Waals surface area (Å²) in [5.74, 6) is 0.488. The normalized spacial score (nSPS) is 11.1. The molecule has 0 fully saturated rings. The first-order valence-corrected chi connectivity index (χ1v) is 8.25. The number of rotatable bonds is 2. The molecule has 1 aromatic carbocycles. The fraction of sp³-hybridized carbons (Fsp3) is 0.0667. The zero-order valence-electron chi connectivity index (χ0n) is 11.5. The average molecular weight is 326 g/mol. The number of aromatic amines is 1. The van der Waals surface area contributed by atoms with E-state index in [-0.39, 0.29) is 5.56 Å². The third kappa shape index (κ3) is 2.06. The van der Waals surface area contributed by atoms with Crippen molar-refractivity contribution in [2.24, 2.45) is 0 Å². The highest BCUT2D eigenvalue weighted by atomic mass is 32.1. The fourth-order valence-electron chi connectivity index (χ4n) is 2.30. The molecule has 0 saturated carbocycles. The molecule has 108 valence electrons. The van der Waals surface area contributed by atoms with E-state index in [4.69, 9.17) is 0 Å². The zero-order chi connectivity index (χ0) is 15.1. The van der Waals surface area contributed by atoms with Crippen LogP contribution in [0, 0.1) is 6.92 Å². The van der Waals surface area contributed by atoms with Crippen LogP contribution in [0.3, 0.4) is 0 Å². The lowest BCUT2D eigenvalue weighted by molar-refractivity contribution is 1.17. The van der Waals surface area contributed by atoms with Crippen molar-refractivity contribution < 1.29 is 0 Å². The average Bonchev–Trinajstić information content (AvgIpc) is 3.17. The molecule has 0 unspecified atom stereocenters. The van der Waals surface area contributed by atoms with Crippen LogP contribution in [-0.4, -0.2) is 19.3 Å². The van der Waals surface area contributed by atoms with Gasteiger partial charge in [-0.05, 0) is 24.0 Å². The van der Waals surface area contributed by atoms with Crippen LogP contribution in [0.4, 0.5) is 0 Å². The first kappa shape index (κ1) is 13.3. The predicted molar refractivity (Wildman–Crippen MR) is 89.3 cm³/mol. The van der Waals surface area contributed by atoms with Crippen LogP contribution in [-0.2, 0) is 0 Å². The summed E-state index contributed by atoms with van der Waals surface area (Å²) in [6, 6.07) is 7.96. The van der Waals surface area contributed by atoms with Gasteiger partial charge in [0.1, 0.15) is 15.9 Å². The lowest BCUT2D eigenvalue weighted by Crippen LogP contribution is -2.07. The summed E-state index contributed by atoms with van der Waals surface area (Å²) in [6.07, 6.45) is 1.69. The molecule has 4 rings (SSSR count). The Kier molecular flexibility index (Phi) is 3.09. The summed E-state index contributed by atoms with van der Waals surface area (Å²) in [5, 5.41) is 2.55. The highest BCUT2D eigenvalue weighted by molar-refractivity contribution is 7.13. The molecule has 0 bridgehead atoms. The van der Waals surface area contributed by atoms with Gasteiger partial charge in [0, 0.05) is 17.1 Å². The second-order valence-electron chi connectivity index (χ2n) is 4.78. The molecule has 0 amide bonds. The Labute approximate surface area is 133 Å². The van der Waals surface area contributed by atoms with Crippen molar-refractivity contribution in [2.45, 2.75) is 6.92 Å². The lowest BCUT2D eigenvalue weighted by Gasteiger charge is -2.02. The van der Waals surface area contributed by atoms with Crippen LogP contribution in [0.25, 0.3) is 32.3 Å². The predicted octanol–water partition coefficient (Wildman–Crippen LogP) is 3.48. The minimum absolute atomic E-state index is 0.174. The minimum atomic E-state index is -0.174. The molecule has 1 N–H and O–H groups in total. The Balaban J connectivity index is 2.02. The molecule has 4 aromatic rings. The molecule has 3 heterocycles. The van der Waals surface area contributed by atoms with Crippen molar-refractivity contribution >= 4 is 33.1 Å². The maximum absolute atomic E-state index is 12.3. The van der Waals surface area contributed by atoms with E-state index in [0.717, 1.165) is 16.8 Å². The number of hydrogen-bond donors (Lipinski definition) is 1. The first-order chi connectivity index (χ1) is 10.7. The molecule has 0 saturated heterocycles. The van der Waals surface area contributed by atoms with E-state index in [9.17, 15) is 4.79 Å². The van der Waals surface area contributed by atoms with E-state index in [1.807, 2.05) is 36.6 Å². The van der Waals surface area contributed by atoms with Crippen LogP contribution in [0.15, 0.2) is 40.6 Å². The second kappa shape index (κ2) is 5.11. The van der Waals surface area contributed by atoms with E-state index in [1.54, 1.807) is 6.20 Å². The van der Waals surface area contributed by atoms with Crippen LogP contribution >= 0.6 is 22.9 Å². The van der Waals surface area contributed by atoms with Crippen molar-refractivity contribution in [1.29, 1.82) is 0 Å². The van der Waals surface area contributed by atoms with Gasteiger partial charge < -0.3 is 4.98 Å². The van der Waals surface area contributed by atoms with Gasteiger partial charge in [0.25, 0.3) is 5.56 Å². The Morgan fingerprint density at radius 3 is 2.86 bits per heavy atom. The number of fused-ring (bicyclic) bond motifs is 1. The fourth-order valence-corrected chi connectivity index (χ4v) is 3.61. The number of hydrogen-bond acceptors (Lipinski definition) is 6. The number of thiazole rings is 1. The maximum atomic E-state index is 12.3. The topological polar surface area (TPSA) is 71.5 Å². The number of aromatic nitrogens is 4. The van der Waals surface area contributed by atoms with Gasteiger partial charge in [-0.25, -0.2) is 9.97 Å². The quantitative estimate of drug-likeness (QED) is 0.612. The standard InChI is InChI=1S/C15H10N4OS2/c1-8-4-2-3-5-9(8)10-11-12(22-19-10)14(20)18-13(17-11)15-16-6-7-21-15/h2-7H,1H3,(H,17,18,20). The molecular formula is C15H10N4OS2. The summed E-state index contributed by atoms with van der Waals surface area (Å²) in [7, 11) is 0. The van der Waals surface area contributed by atoms with Gasteiger partial charge in [-0.15, -0.1) is 11.3 Å². The van der Waals surface area contributed by atoms with E-state index in [1.165, 1.54) is 22.9 Å². The van der Waals surface area contributed by atoms with E-state index in [2.05, 4.69) is 19.3 Å². The SMILES string of the molecule is Cc1ccccc1-c1nsc2c(=O)[nH]c(-c3nccs3)nc12. The Morgan fingerprint density at radius 1 is 1.23 bits per heavy atom. The van der Waals surface area contributed by atoms with Crippen molar-refractivity contribution in [1.82, 2.24) is 19.3 Å². The van der Waals surface area contributed by atoms with Crippen molar-refractivity contribution in [3.63, 3.8) is 0 Å². The lowest BCUT2D eigenvalue weighted by atomic mass is 10.1. The molecule has 22 heavy (non-hydrogen) atoms.